The van der Waals surface area contributed by atoms with Crippen LogP contribution in [0.25, 0.3) is 0 Å². The topological polar surface area (TPSA) is 50.2 Å². The number of aromatic nitrogens is 2. The Bertz CT molecular complexity index is 466. The van der Waals surface area contributed by atoms with E-state index in [2.05, 4.69) is 15.5 Å². The van der Waals surface area contributed by atoms with Gasteiger partial charge in [0.25, 0.3) is 5.56 Å². The lowest BCUT2D eigenvalue weighted by Crippen LogP contribution is -2.36. The van der Waals surface area contributed by atoms with Crippen LogP contribution in [-0.4, -0.2) is 27.9 Å². The molecule has 1 N–H and O–H groups in total. The van der Waals surface area contributed by atoms with Gasteiger partial charge in [0.2, 0.25) is 0 Å². The molecule has 100 valence electrons. The van der Waals surface area contributed by atoms with Gasteiger partial charge in [-0.1, -0.05) is 18.0 Å². The summed E-state index contributed by atoms with van der Waals surface area (Å²) in [5.41, 5.74) is 3.54. The van der Waals surface area contributed by atoms with E-state index in [4.69, 9.17) is 11.6 Å². The van der Waals surface area contributed by atoms with Crippen LogP contribution in [0.2, 0.25) is 5.02 Å². The highest BCUT2D eigenvalue weighted by molar-refractivity contribution is 6.32. The molecule has 0 atom stereocenters. The van der Waals surface area contributed by atoms with Gasteiger partial charge in [-0.3, -0.25) is 4.79 Å². The number of hydrogen-bond donors (Lipinski definition) is 1. The van der Waals surface area contributed by atoms with E-state index in [-0.39, 0.29) is 16.6 Å². The number of nitrogens with zero attached hydrogens (tertiary/aromatic N) is 3. The Balaban J connectivity index is 2.19. The van der Waals surface area contributed by atoms with Gasteiger partial charge in [0.15, 0.2) is 0 Å². The first-order valence-electron chi connectivity index (χ1n) is 6.38. The summed E-state index contributed by atoms with van der Waals surface area (Å²) < 4.78 is 1.39. The molecule has 5 nitrogen and oxygen atoms in total. The Labute approximate surface area is 112 Å². The van der Waals surface area contributed by atoms with Crippen LogP contribution in [0.5, 0.6) is 0 Å². The van der Waals surface area contributed by atoms with Crippen LogP contribution in [0.15, 0.2) is 11.0 Å². The molecule has 0 aliphatic carbocycles. The highest BCUT2D eigenvalue weighted by Gasteiger charge is 2.15. The van der Waals surface area contributed by atoms with Crippen molar-refractivity contribution in [2.45, 2.75) is 39.2 Å². The molecule has 2 heterocycles. The van der Waals surface area contributed by atoms with Gasteiger partial charge in [-0.25, -0.2) is 9.69 Å². The third kappa shape index (κ3) is 2.84. The summed E-state index contributed by atoms with van der Waals surface area (Å²) in [6.07, 6.45) is 5.22. The van der Waals surface area contributed by atoms with Crippen molar-refractivity contribution < 1.29 is 0 Å². The van der Waals surface area contributed by atoms with Crippen LogP contribution in [0.1, 0.15) is 39.2 Å². The maximum atomic E-state index is 12.0. The first-order valence-corrected chi connectivity index (χ1v) is 6.76. The molecule has 0 aromatic carbocycles. The maximum Gasteiger partial charge on any atom is 0.287 e. The van der Waals surface area contributed by atoms with Gasteiger partial charge in [0.1, 0.15) is 5.02 Å². The third-order valence-corrected chi connectivity index (χ3v) is 3.43. The van der Waals surface area contributed by atoms with Crippen LogP contribution < -0.4 is 11.0 Å². The van der Waals surface area contributed by atoms with Crippen molar-refractivity contribution in [1.82, 2.24) is 14.8 Å². The first kappa shape index (κ1) is 13.4. The van der Waals surface area contributed by atoms with Crippen molar-refractivity contribution in [2.75, 3.05) is 18.5 Å². The van der Waals surface area contributed by atoms with Gasteiger partial charge in [-0.15, -0.1) is 0 Å². The van der Waals surface area contributed by atoms with Crippen molar-refractivity contribution in [3.05, 3.63) is 21.6 Å². The van der Waals surface area contributed by atoms with Gasteiger partial charge in [0.05, 0.1) is 17.9 Å². The normalized spacial score (nSPS) is 17.1. The van der Waals surface area contributed by atoms with E-state index in [0.29, 0.717) is 5.69 Å². The minimum Gasteiger partial charge on any atom is -0.316 e. The molecule has 0 amide bonds. The van der Waals surface area contributed by atoms with E-state index in [1.807, 2.05) is 13.8 Å². The van der Waals surface area contributed by atoms with Crippen molar-refractivity contribution in [2.24, 2.45) is 0 Å². The number of halogens is 1. The molecule has 6 heteroatoms. The second kappa shape index (κ2) is 5.71. The van der Waals surface area contributed by atoms with Crippen LogP contribution in [-0.2, 0) is 0 Å². The molecule has 1 fully saturated rings. The molecule has 0 radical (unpaired) electrons. The fraction of sp³-hybridized carbons (Fsp3) is 0.667. The summed E-state index contributed by atoms with van der Waals surface area (Å²) in [5.74, 6) is 0. The fourth-order valence-electron chi connectivity index (χ4n) is 2.07. The molecule has 0 spiro atoms. The molecule has 0 saturated carbocycles. The highest BCUT2D eigenvalue weighted by Crippen LogP contribution is 2.18. The average Bonchev–Trinajstić information content (AvgIpc) is 2.36. The minimum absolute atomic E-state index is 0.0130. The Hall–Kier alpha value is -1.07. The van der Waals surface area contributed by atoms with Crippen LogP contribution in [0.3, 0.4) is 0 Å². The van der Waals surface area contributed by atoms with Crippen LogP contribution in [0.4, 0.5) is 5.69 Å². The molecule has 18 heavy (non-hydrogen) atoms. The lowest BCUT2D eigenvalue weighted by atomic mass is 10.2. The van der Waals surface area contributed by atoms with Gasteiger partial charge in [-0.2, -0.15) is 5.10 Å². The summed E-state index contributed by atoms with van der Waals surface area (Å²) >= 11 is 6.10. The minimum atomic E-state index is -0.242. The maximum absolute atomic E-state index is 12.0. The number of piperidine rings is 1. The van der Waals surface area contributed by atoms with Crippen LogP contribution in [0, 0.1) is 0 Å². The standard InChI is InChI=1S/C12H19ClN4O/c1-9(2)17-12(18)11(13)10(8-14-17)15-16-6-4-3-5-7-16/h8-9,15H,3-7H2,1-2H3. The van der Waals surface area contributed by atoms with Crippen molar-refractivity contribution in [3.63, 3.8) is 0 Å². The summed E-state index contributed by atoms with van der Waals surface area (Å²) in [7, 11) is 0. The van der Waals surface area contributed by atoms with Gasteiger partial charge in [0, 0.05) is 13.1 Å². The van der Waals surface area contributed by atoms with Crippen LogP contribution >= 0.6 is 11.6 Å². The van der Waals surface area contributed by atoms with E-state index in [0.717, 1.165) is 13.1 Å². The van der Waals surface area contributed by atoms with Crippen molar-refractivity contribution in [1.29, 1.82) is 0 Å². The molecule has 1 aromatic rings. The predicted molar refractivity (Wildman–Crippen MR) is 72.9 cm³/mol. The van der Waals surface area contributed by atoms with E-state index in [1.54, 1.807) is 6.20 Å². The zero-order chi connectivity index (χ0) is 13.1. The Morgan fingerprint density at radius 2 is 2.00 bits per heavy atom. The van der Waals surface area contributed by atoms with E-state index in [1.165, 1.54) is 23.9 Å². The Morgan fingerprint density at radius 1 is 1.33 bits per heavy atom. The van der Waals surface area contributed by atoms with E-state index >= 15 is 0 Å². The van der Waals surface area contributed by atoms with Gasteiger partial charge < -0.3 is 5.43 Å². The summed E-state index contributed by atoms with van der Waals surface area (Å²) in [5, 5.41) is 6.44. The zero-order valence-corrected chi connectivity index (χ0v) is 11.6. The largest absolute Gasteiger partial charge is 0.316 e. The number of hydrogen-bond acceptors (Lipinski definition) is 4. The first-order chi connectivity index (χ1) is 8.59. The molecular weight excluding hydrogens is 252 g/mol. The molecule has 1 aliphatic heterocycles. The van der Waals surface area contributed by atoms with Crippen molar-refractivity contribution >= 4 is 17.3 Å². The number of rotatable bonds is 3. The van der Waals surface area contributed by atoms with Gasteiger partial charge >= 0.3 is 0 Å². The smallest absolute Gasteiger partial charge is 0.287 e. The van der Waals surface area contributed by atoms with Crippen molar-refractivity contribution in [3.8, 4) is 0 Å². The Morgan fingerprint density at radius 3 is 2.61 bits per heavy atom. The molecule has 1 saturated heterocycles. The summed E-state index contributed by atoms with van der Waals surface area (Å²) in [4.78, 5) is 12.0. The molecule has 0 unspecified atom stereocenters. The molecule has 1 aromatic heterocycles. The quantitative estimate of drug-likeness (QED) is 0.916. The van der Waals surface area contributed by atoms with E-state index < -0.39 is 0 Å². The average molecular weight is 271 g/mol. The molecule has 1 aliphatic rings. The number of nitrogens with one attached hydrogen (secondary N) is 1. The fourth-order valence-corrected chi connectivity index (χ4v) is 2.24. The Kier molecular flexibility index (Phi) is 4.24. The second-order valence-corrected chi connectivity index (χ2v) is 5.25. The highest BCUT2D eigenvalue weighted by atomic mass is 35.5. The summed E-state index contributed by atoms with van der Waals surface area (Å²) in [6, 6.07) is 0.0130. The SMILES string of the molecule is CC(C)n1ncc(NN2CCCCC2)c(Cl)c1=O. The molecule has 2 rings (SSSR count). The number of anilines is 1. The lowest BCUT2D eigenvalue weighted by Gasteiger charge is -2.28. The monoisotopic (exact) mass is 270 g/mol. The third-order valence-electron chi connectivity index (χ3n) is 3.07. The lowest BCUT2D eigenvalue weighted by molar-refractivity contribution is 0.273. The molecular formula is C12H19ClN4O. The second-order valence-electron chi connectivity index (χ2n) is 4.88. The molecule has 0 bridgehead atoms. The zero-order valence-electron chi connectivity index (χ0n) is 10.8. The summed E-state index contributed by atoms with van der Waals surface area (Å²) in [6.45, 7) is 5.76. The predicted octanol–water partition coefficient (Wildman–Crippen LogP) is 2.29. The van der Waals surface area contributed by atoms with Gasteiger partial charge in [-0.05, 0) is 26.7 Å². The number of hydrazine groups is 1. The van der Waals surface area contributed by atoms with E-state index in [9.17, 15) is 4.79 Å².